The highest BCUT2D eigenvalue weighted by Crippen LogP contribution is 2.55. The second kappa shape index (κ2) is 10.1. The fraction of sp³-hybridized carbons (Fsp3) is 0.387. The average Bonchev–Trinajstić information content (AvgIpc) is 3.38. The number of benzene rings is 2. The van der Waals surface area contributed by atoms with Crippen molar-refractivity contribution in [1.29, 1.82) is 0 Å². The summed E-state index contributed by atoms with van der Waals surface area (Å²) < 4.78 is 13.6. The lowest BCUT2D eigenvalue weighted by Crippen LogP contribution is -2.25. The molecular weight excluding hydrogens is 478 g/mol. The van der Waals surface area contributed by atoms with Gasteiger partial charge in [-0.25, -0.2) is 9.48 Å². The van der Waals surface area contributed by atoms with E-state index in [4.69, 9.17) is 9.26 Å². The molecule has 6 rings (SSSR count). The molecule has 7 heteroatoms. The standard InChI is InChI=1S/C31H33N3O4/c1-19-14-29(38-33-19)26-17-27(26)30-28(31(35)36)18-32-34(30)24-12-6-10-22(15-24)23-11-7-13-25(16-23)37-20(2)21-8-4-3-5-9-21/h6-7,10-16,18,20-21,26-27H,3-5,8-9,17H2,1-2H3,(H,35,36)/t20-,26+,27?/m0/s1. The maximum atomic E-state index is 12.1. The Bertz CT molecular complexity index is 1450. The van der Waals surface area contributed by atoms with Gasteiger partial charge in [0.25, 0.3) is 0 Å². The van der Waals surface area contributed by atoms with Gasteiger partial charge in [-0.1, -0.05) is 48.7 Å². The summed E-state index contributed by atoms with van der Waals surface area (Å²) in [6.07, 6.45) is 8.86. The van der Waals surface area contributed by atoms with E-state index in [1.54, 1.807) is 4.68 Å². The van der Waals surface area contributed by atoms with Crippen LogP contribution in [-0.4, -0.2) is 32.1 Å². The number of carboxylic acid groups (broad SMARTS) is 1. The van der Waals surface area contributed by atoms with Gasteiger partial charge < -0.3 is 14.4 Å². The van der Waals surface area contributed by atoms with Gasteiger partial charge in [0.15, 0.2) is 0 Å². The summed E-state index contributed by atoms with van der Waals surface area (Å²) in [5, 5.41) is 18.4. The van der Waals surface area contributed by atoms with Crippen LogP contribution in [0.5, 0.6) is 5.75 Å². The summed E-state index contributed by atoms with van der Waals surface area (Å²) in [5.41, 5.74) is 4.65. The van der Waals surface area contributed by atoms with Crippen LogP contribution in [0.4, 0.5) is 0 Å². The predicted octanol–water partition coefficient (Wildman–Crippen LogP) is 7.15. The highest BCUT2D eigenvalue weighted by Gasteiger charge is 2.46. The van der Waals surface area contributed by atoms with Gasteiger partial charge in [0.2, 0.25) is 0 Å². The van der Waals surface area contributed by atoms with Gasteiger partial charge in [0.05, 0.1) is 29.4 Å². The number of ether oxygens (including phenoxy) is 1. The molecule has 0 spiro atoms. The number of hydrogen-bond acceptors (Lipinski definition) is 5. The maximum absolute atomic E-state index is 12.1. The number of aromatic carboxylic acids is 1. The summed E-state index contributed by atoms with van der Waals surface area (Å²) in [4.78, 5) is 12.1. The quantitative estimate of drug-likeness (QED) is 0.270. The van der Waals surface area contributed by atoms with Gasteiger partial charge >= 0.3 is 5.97 Å². The molecule has 3 atom stereocenters. The zero-order chi connectivity index (χ0) is 26.2. The molecule has 0 radical (unpaired) electrons. The van der Waals surface area contributed by atoms with Crippen molar-refractivity contribution in [2.75, 3.05) is 0 Å². The van der Waals surface area contributed by atoms with Crippen LogP contribution in [0.1, 0.15) is 84.8 Å². The molecule has 0 amide bonds. The molecule has 2 aliphatic carbocycles. The number of carbonyl (C=O) groups is 1. The van der Waals surface area contributed by atoms with Gasteiger partial charge in [0.1, 0.15) is 17.1 Å². The molecule has 2 heterocycles. The van der Waals surface area contributed by atoms with Crippen molar-refractivity contribution in [2.45, 2.75) is 70.3 Å². The predicted molar refractivity (Wildman–Crippen MR) is 144 cm³/mol. The lowest BCUT2D eigenvalue weighted by Gasteiger charge is -2.28. The Morgan fingerprint density at radius 3 is 2.55 bits per heavy atom. The third-order valence-corrected chi connectivity index (χ3v) is 8.08. The molecule has 1 N–H and O–H groups in total. The van der Waals surface area contributed by atoms with Crippen LogP contribution >= 0.6 is 0 Å². The van der Waals surface area contributed by atoms with Crippen molar-refractivity contribution in [3.05, 3.63) is 83.5 Å². The molecule has 2 saturated carbocycles. The zero-order valence-electron chi connectivity index (χ0n) is 21.8. The number of hydrogen-bond donors (Lipinski definition) is 1. The minimum atomic E-state index is -0.973. The maximum Gasteiger partial charge on any atom is 0.339 e. The van der Waals surface area contributed by atoms with Gasteiger partial charge in [-0.2, -0.15) is 5.10 Å². The first-order valence-corrected chi connectivity index (χ1v) is 13.6. The minimum Gasteiger partial charge on any atom is -0.490 e. The molecule has 2 aromatic heterocycles. The zero-order valence-corrected chi connectivity index (χ0v) is 21.8. The Balaban J connectivity index is 1.28. The van der Waals surface area contributed by atoms with Crippen LogP contribution in [0.25, 0.3) is 16.8 Å². The largest absolute Gasteiger partial charge is 0.490 e. The summed E-state index contributed by atoms with van der Waals surface area (Å²) in [6.45, 7) is 4.08. The lowest BCUT2D eigenvalue weighted by molar-refractivity contribution is 0.0695. The molecule has 196 valence electrons. The number of nitrogens with zero attached hydrogens (tertiary/aromatic N) is 3. The van der Waals surface area contributed by atoms with E-state index in [1.807, 2.05) is 37.3 Å². The van der Waals surface area contributed by atoms with Gasteiger partial charge in [-0.15, -0.1) is 0 Å². The molecular formula is C31H33N3O4. The van der Waals surface area contributed by atoms with Crippen molar-refractivity contribution in [3.8, 4) is 22.6 Å². The second-order valence-corrected chi connectivity index (χ2v) is 10.8. The monoisotopic (exact) mass is 511 g/mol. The lowest BCUT2D eigenvalue weighted by atomic mass is 9.86. The first-order valence-electron chi connectivity index (χ1n) is 13.6. The van der Waals surface area contributed by atoms with E-state index in [1.165, 1.54) is 38.3 Å². The van der Waals surface area contributed by atoms with Crippen LogP contribution in [0.15, 0.2) is 65.3 Å². The third kappa shape index (κ3) is 4.85. The summed E-state index contributed by atoms with van der Waals surface area (Å²) in [7, 11) is 0. The molecule has 2 aromatic carbocycles. The number of carboxylic acids is 1. The molecule has 0 saturated heterocycles. The van der Waals surface area contributed by atoms with E-state index in [2.05, 4.69) is 41.4 Å². The smallest absolute Gasteiger partial charge is 0.339 e. The highest BCUT2D eigenvalue weighted by atomic mass is 16.5. The van der Waals surface area contributed by atoms with E-state index < -0.39 is 5.97 Å². The minimum absolute atomic E-state index is 0.0117. The Labute approximate surface area is 222 Å². The Morgan fingerprint density at radius 1 is 1.05 bits per heavy atom. The normalized spacial score (nSPS) is 20.3. The Kier molecular flexibility index (Phi) is 6.52. The van der Waals surface area contributed by atoms with Crippen LogP contribution in [0.3, 0.4) is 0 Å². The van der Waals surface area contributed by atoms with E-state index in [0.717, 1.165) is 40.4 Å². The van der Waals surface area contributed by atoms with E-state index in [0.29, 0.717) is 11.6 Å². The van der Waals surface area contributed by atoms with Crippen LogP contribution in [0, 0.1) is 12.8 Å². The van der Waals surface area contributed by atoms with Crippen LogP contribution in [-0.2, 0) is 0 Å². The highest BCUT2D eigenvalue weighted by molar-refractivity contribution is 5.89. The third-order valence-electron chi connectivity index (χ3n) is 8.08. The van der Waals surface area contributed by atoms with Crippen molar-refractivity contribution in [3.63, 3.8) is 0 Å². The first-order chi connectivity index (χ1) is 18.5. The van der Waals surface area contributed by atoms with Crippen LogP contribution in [0.2, 0.25) is 0 Å². The van der Waals surface area contributed by atoms with Crippen molar-refractivity contribution < 1.29 is 19.2 Å². The second-order valence-electron chi connectivity index (χ2n) is 10.8. The Morgan fingerprint density at radius 2 is 1.82 bits per heavy atom. The summed E-state index contributed by atoms with van der Waals surface area (Å²) >= 11 is 0. The number of aryl methyl sites for hydroxylation is 1. The molecule has 38 heavy (non-hydrogen) atoms. The molecule has 2 aliphatic rings. The SMILES string of the molecule is Cc1cc([C@@H]2CC2c2c(C(=O)O)cnn2-c2cccc(-c3cccc(O[C@@H](C)C4CCCCC4)c3)c2)on1. The van der Waals surface area contributed by atoms with Crippen LogP contribution < -0.4 is 4.74 Å². The van der Waals surface area contributed by atoms with Gasteiger partial charge in [-0.3, -0.25) is 0 Å². The molecule has 4 aromatic rings. The fourth-order valence-electron chi connectivity index (χ4n) is 5.94. The number of rotatable bonds is 8. The molecule has 0 bridgehead atoms. The summed E-state index contributed by atoms with van der Waals surface area (Å²) in [5.74, 6) is 1.43. The fourth-order valence-corrected chi connectivity index (χ4v) is 5.94. The van der Waals surface area contributed by atoms with Gasteiger partial charge in [-0.05, 0) is 74.4 Å². The van der Waals surface area contributed by atoms with E-state index in [9.17, 15) is 9.90 Å². The molecule has 0 aliphatic heterocycles. The summed E-state index contributed by atoms with van der Waals surface area (Å²) in [6, 6.07) is 18.2. The van der Waals surface area contributed by atoms with Crippen molar-refractivity contribution >= 4 is 5.97 Å². The van der Waals surface area contributed by atoms with E-state index in [-0.39, 0.29) is 23.5 Å². The first kappa shape index (κ1) is 24.5. The average molecular weight is 512 g/mol. The van der Waals surface area contributed by atoms with E-state index >= 15 is 0 Å². The molecule has 7 nitrogen and oxygen atoms in total. The number of aromatic nitrogens is 3. The topological polar surface area (TPSA) is 90.4 Å². The van der Waals surface area contributed by atoms with Gasteiger partial charge in [0, 0.05) is 17.9 Å². The Hall–Kier alpha value is -3.87. The van der Waals surface area contributed by atoms with Crippen molar-refractivity contribution in [1.82, 2.24) is 14.9 Å². The van der Waals surface area contributed by atoms with Crippen molar-refractivity contribution in [2.24, 2.45) is 5.92 Å². The molecule has 1 unspecified atom stereocenters. The molecule has 2 fully saturated rings.